The number of hydrogen-bond acceptors (Lipinski definition) is 6. The maximum atomic E-state index is 10.3. The van der Waals surface area contributed by atoms with Crippen LogP contribution in [0.25, 0.3) is 0 Å². The number of ether oxygens (including phenoxy) is 2. The summed E-state index contributed by atoms with van der Waals surface area (Å²) in [5.74, 6) is -1.72. The van der Waals surface area contributed by atoms with Gasteiger partial charge in [-0.3, -0.25) is 9.59 Å². The van der Waals surface area contributed by atoms with E-state index in [9.17, 15) is 14.4 Å². The van der Waals surface area contributed by atoms with Crippen LogP contribution in [-0.2, 0) is 23.9 Å². The molecule has 1 unspecified atom stereocenters. The van der Waals surface area contributed by atoms with Crippen LogP contribution in [0.3, 0.4) is 0 Å². The van der Waals surface area contributed by atoms with Crippen molar-refractivity contribution in [2.45, 2.75) is 33.5 Å². The number of esters is 3. The van der Waals surface area contributed by atoms with Crippen LogP contribution in [0.5, 0.6) is 0 Å². The van der Waals surface area contributed by atoms with Crippen molar-refractivity contribution in [1.29, 1.82) is 0 Å². The van der Waals surface area contributed by atoms with Gasteiger partial charge >= 0.3 is 17.9 Å². The van der Waals surface area contributed by atoms with Crippen molar-refractivity contribution in [3.8, 4) is 0 Å². The lowest BCUT2D eigenvalue weighted by molar-refractivity contribution is -0.162. The largest absolute Gasteiger partial charge is 0.433 e. The molecule has 6 heteroatoms. The lowest BCUT2D eigenvalue weighted by Crippen LogP contribution is -2.14. The van der Waals surface area contributed by atoms with Gasteiger partial charge in [0.25, 0.3) is 0 Å². The molecule has 0 fully saturated rings. The molecular formula is C10H16O6. The summed E-state index contributed by atoms with van der Waals surface area (Å²) < 4.78 is 8.32. The van der Waals surface area contributed by atoms with Crippen LogP contribution in [0.15, 0.2) is 12.7 Å². The van der Waals surface area contributed by atoms with Gasteiger partial charge in [-0.2, -0.15) is 0 Å². The van der Waals surface area contributed by atoms with Gasteiger partial charge in [0.1, 0.15) is 0 Å². The molecule has 0 aliphatic heterocycles. The Morgan fingerprint density at radius 3 is 1.94 bits per heavy atom. The van der Waals surface area contributed by atoms with E-state index in [0.717, 1.165) is 6.08 Å². The van der Waals surface area contributed by atoms with Crippen molar-refractivity contribution in [3.63, 3.8) is 0 Å². The van der Waals surface area contributed by atoms with Crippen molar-refractivity contribution in [2.75, 3.05) is 0 Å². The molecular weight excluding hydrogens is 216 g/mol. The Kier molecular flexibility index (Phi) is 10.3. The van der Waals surface area contributed by atoms with E-state index in [1.54, 1.807) is 6.92 Å². The number of carbonyl (C=O) groups is 3. The molecule has 0 heterocycles. The number of aliphatic hydroxyl groups excluding tert-OH is 1. The SMILES string of the molecule is C=CC(=O)OC(O)CC.CC(=O)OC(C)=O. The van der Waals surface area contributed by atoms with Crippen LogP contribution < -0.4 is 0 Å². The average molecular weight is 232 g/mol. The molecule has 0 aromatic heterocycles. The Bertz CT molecular complexity index is 246. The fraction of sp³-hybridized carbons (Fsp3) is 0.500. The lowest BCUT2D eigenvalue weighted by atomic mass is 10.5. The molecule has 6 nitrogen and oxygen atoms in total. The minimum Gasteiger partial charge on any atom is -0.433 e. The van der Waals surface area contributed by atoms with Crippen LogP contribution in [0.2, 0.25) is 0 Å². The smallest absolute Gasteiger partial charge is 0.332 e. The number of aliphatic hydroxyl groups is 1. The van der Waals surface area contributed by atoms with Gasteiger partial charge in [0.15, 0.2) is 0 Å². The van der Waals surface area contributed by atoms with Crippen LogP contribution >= 0.6 is 0 Å². The molecule has 0 saturated heterocycles. The molecule has 16 heavy (non-hydrogen) atoms. The summed E-state index contributed by atoms with van der Waals surface area (Å²) in [6, 6.07) is 0. The summed E-state index contributed by atoms with van der Waals surface area (Å²) in [4.78, 5) is 29.9. The standard InChI is InChI=1S/C6H10O3.C4H6O3/c1-3-5(7)9-6(8)4-2;1-3(5)7-4(2)6/h3,6,8H,1,4H2,2H3;1-2H3. The second-order valence-corrected chi connectivity index (χ2v) is 2.59. The first-order valence-electron chi connectivity index (χ1n) is 4.53. The highest BCUT2D eigenvalue weighted by molar-refractivity contribution is 5.82. The Balaban J connectivity index is 0. The molecule has 0 aromatic rings. The molecule has 0 spiro atoms. The second kappa shape index (κ2) is 9.85. The van der Waals surface area contributed by atoms with Crippen LogP contribution in [0.4, 0.5) is 0 Å². The van der Waals surface area contributed by atoms with E-state index in [1.807, 2.05) is 0 Å². The molecule has 0 aliphatic carbocycles. The van der Waals surface area contributed by atoms with E-state index >= 15 is 0 Å². The fourth-order valence-corrected chi connectivity index (χ4v) is 0.468. The van der Waals surface area contributed by atoms with Crippen LogP contribution in [-0.4, -0.2) is 29.3 Å². The quantitative estimate of drug-likeness (QED) is 0.330. The highest BCUT2D eigenvalue weighted by Crippen LogP contribution is 1.92. The highest BCUT2D eigenvalue weighted by Gasteiger charge is 2.02. The van der Waals surface area contributed by atoms with Crippen molar-refractivity contribution in [2.24, 2.45) is 0 Å². The number of carbonyl (C=O) groups excluding carboxylic acids is 3. The van der Waals surface area contributed by atoms with Gasteiger partial charge in [-0.15, -0.1) is 0 Å². The molecule has 0 amide bonds. The van der Waals surface area contributed by atoms with Crippen molar-refractivity contribution >= 4 is 17.9 Å². The van der Waals surface area contributed by atoms with Crippen LogP contribution in [0.1, 0.15) is 27.2 Å². The fourth-order valence-electron chi connectivity index (χ4n) is 0.468. The first kappa shape index (κ1) is 16.7. The molecule has 1 N–H and O–H groups in total. The molecule has 0 radical (unpaired) electrons. The van der Waals surface area contributed by atoms with E-state index in [4.69, 9.17) is 5.11 Å². The van der Waals surface area contributed by atoms with E-state index in [2.05, 4.69) is 16.1 Å². The van der Waals surface area contributed by atoms with E-state index in [1.165, 1.54) is 13.8 Å². The third-order valence-corrected chi connectivity index (χ3v) is 1.06. The molecule has 0 saturated carbocycles. The minimum absolute atomic E-state index is 0.402. The Hall–Kier alpha value is -1.69. The van der Waals surface area contributed by atoms with Gasteiger partial charge in [-0.05, 0) is 0 Å². The van der Waals surface area contributed by atoms with Gasteiger partial charge in [0.05, 0.1) is 0 Å². The molecule has 0 bridgehead atoms. The van der Waals surface area contributed by atoms with Crippen molar-refractivity contribution in [1.82, 2.24) is 0 Å². The Labute approximate surface area is 93.8 Å². The average Bonchev–Trinajstić information content (AvgIpc) is 2.16. The summed E-state index contributed by atoms with van der Waals surface area (Å²) in [6.07, 6.45) is 0.425. The van der Waals surface area contributed by atoms with Gasteiger partial charge in [0.2, 0.25) is 6.29 Å². The van der Waals surface area contributed by atoms with E-state index in [0.29, 0.717) is 6.42 Å². The molecule has 0 aliphatic rings. The van der Waals surface area contributed by atoms with Crippen LogP contribution in [0, 0.1) is 0 Å². The monoisotopic (exact) mass is 232 g/mol. The first-order chi connectivity index (χ1) is 7.33. The summed E-state index contributed by atoms with van der Waals surface area (Å²) in [6.45, 7) is 7.24. The number of rotatable bonds is 3. The maximum absolute atomic E-state index is 10.3. The van der Waals surface area contributed by atoms with Crippen molar-refractivity contribution in [3.05, 3.63) is 12.7 Å². The van der Waals surface area contributed by atoms with Crippen molar-refractivity contribution < 1.29 is 29.0 Å². The number of hydrogen-bond donors (Lipinski definition) is 1. The topological polar surface area (TPSA) is 89.9 Å². The van der Waals surface area contributed by atoms with E-state index < -0.39 is 24.2 Å². The molecule has 92 valence electrons. The van der Waals surface area contributed by atoms with Gasteiger partial charge < -0.3 is 14.6 Å². The third kappa shape index (κ3) is 14.8. The predicted octanol–water partition coefficient (Wildman–Crippen LogP) is 0.540. The molecule has 0 rings (SSSR count). The minimum atomic E-state index is -0.990. The van der Waals surface area contributed by atoms with Gasteiger partial charge in [0, 0.05) is 26.3 Å². The highest BCUT2D eigenvalue weighted by atomic mass is 16.6. The zero-order valence-electron chi connectivity index (χ0n) is 9.56. The maximum Gasteiger partial charge on any atom is 0.332 e. The summed E-state index contributed by atoms with van der Waals surface area (Å²) >= 11 is 0. The first-order valence-corrected chi connectivity index (χ1v) is 4.53. The Morgan fingerprint density at radius 2 is 1.75 bits per heavy atom. The summed E-state index contributed by atoms with van der Waals surface area (Å²) in [5.41, 5.74) is 0. The summed E-state index contributed by atoms with van der Waals surface area (Å²) in [5, 5.41) is 8.67. The predicted molar refractivity (Wildman–Crippen MR) is 55.0 cm³/mol. The Morgan fingerprint density at radius 1 is 1.31 bits per heavy atom. The summed E-state index contributed by atoms with van der Waals surface area (Å²) in [7, 11) is 0. The second-order valence-electron chi connectivity index (χ2n) is 2.59. The normalized spacial score (nSPS) is 10.2. The lowest BCUT2D eigenvalue weighted by Gasteiger charge is -2.05. The molecule has 1 atom stereocenters. The zero-order chi connectivity index (χ0) is 13.1. The zero-order valence-corrected chi connectivity index (χ0v) is 9.56. The van der Waals surface area contributed by atoms with Gasteiger partial charge in [-0.1, -0.05) is 13.5 Å². The van der Waals surface area contributed by atoms with Gasteiger partial charge in [-0.25, -0.2) is 4.79 Å². The van der Waals surface area contributed by atoms with E-state index in [-0.39, 0.29) is 0 Å². The third-order valence-electron chi connectivity index (χ3n) is 1.06. The molecule has 0 aromatic carbocycles.